The second kappa shape index (κ2) is 5.74. The van der Waals surface area contributed by atoms with E-state index in [9.17, 15) is 0 Å². The molecule has 0 heterocycles. The van der Waals surface area contributed by atoms with Crippen LogP contribution in [0.25, 0.3) is 0 Å². The third-order valence-corrected chi connectivity index (χ3v) is 1.87. The third-order valence-electron chi connectivity index (χ3n) is 1.67. The standard InChI is InChI=1S/C8H18NOSi/c1-7(2)9(8(3)4)5-10-6-11/h7-8H,5-6H2,1-4H3. The molecule has 0 aliphatic heterocycles. The summed E-state index contributed by atoms with van der Waals surface area (Å²) < 4.78 is 5.26. The minimum atomic E-state index is 0.549. The number of rotatable bonds is 5. The van der Waals surface area contributed by atoms with Gasteiger partial charge in [0.05, 0.1) is 17.0 Å². The maximum absolute atomic E-state index is 5.26. The maximum atomic E-state index is 5.26. The van der Waals surface area contributed by atoms with E-state index in [1.54, 1.807) is 0 Å². The lowest BCUT2D eigenvalue weighted by Crippen LogP contribution is -2.38. The van der Waals surface area contributed by atoms with Gasteiger partial charge in [-0.25, -0.2) is 0 Å². The van der Waals surface area contributed by atoms with Crippen LogP contribution in [-0.4, -0.2) is 40.2 Å². The highest BCUT2D eigenvalue weighted by atomic mass is 28.1. The van der Waals surface area contributed by atoms with Gasteiger partial charge in [0.25, 0.3) is 0 Å². The Hall–Kier alpha value is 0.137. The summed E-state index contributed by atoms with van der Waals surface area (Å²) in [6, 6.07) is 1.10. The predicted molar refractivity (Wildman–Crippen MR) is 48.7 cm³/mol. The van der Waals surface area contributed by atoms with Gasteiger partial charge in [-0.05, 0) is 27.7 Å². The zero-order chi connectivity index (χ0) is 8.85. The van der Waals surface area contributed by atoms with Gasteiger partial charge in [0, 0.05) is 18.3 Å². The minimum absolute atomic E-state index is 0.549. The van der Waals surface area contributed by atoms with Crippen LogP contribution in [0.2, 0.25) is 0 Å². The topological polar surface area (TPSA) is 12.5 Å². The van der Waals surface area contributed by atoms with Crippen molar-refractivity contribution in [2.45, 2.75) is 39.8 Å². The van der Waals surface area contributed by atoms with Gasteiger partial charge in [-0.15, -0.1) is 0 Å². The van der Waals surface area contributed by atoms with Crippen molar-refractivity contribution in [1.29, 1.82) is 0 Å². The number of hydrogen-bond acceptors (Lipinski definition) is 2. The van der Waals surface area contributed by atoms with E-state index in [-0.39, 0.29) is 0 Å². The van der Waals surface area contributed by atoms with E-state index in [4.69, 9.17) is 4.74 Å². The van der Waals surface area contributed by atoms with E-state index in [2.05, 4.69) is 42.8 Å². The van der Waals surface area contributed by atoms with Gasteiger partial charge in [0.2, 0.25) is 0 Å². The van der Waals surface area contributed by atoms with Gasteiger partial charge in [-0.2, -0.15) is 0 Å². The lowest BCUT2D eigenvalue weighted by molar-refractivity contribution is 0.0132. The second-order valence-corrected chi connectivity index (χ2v) is 3.47. The molecule has 0 saturated carbocycles. The summed E-state index contributed by atoms with van der Waals surface area (Å²) in [7, 11) is 3.27. The molecule has 3 heteroatoms. The number of ether oxygens (including phenoxy) is 1. The fourth-order valence-corrected chi connectivity index (χ4v) is 1.14. The van der Waals surface area contributed by atoms with Crippen molar-refractivity contribution in [2.24, 2.45) is 0 Å². The summed E-state index contributed by atoms with van der Waals surface area (Å²) >= 11 is 0. The fourth-order valence-electron chi connectivity index (χ4n) is 1.05. The van der Waals surface area contributed by atoms with Gasteiger partial charge in [0.15, 0.2) is 0 Å². The largest absolute Gasteiger partial charge is 0.370 e. The maximum Gasteiger partial charge on any atom is 0.0989 e. The van der Waals surface area contributed by atoms with Crippen molar-refractivity contribution in [1.82, 2.24) is 4.90 Å². The molecule has 0 atom stereocenters. The molecule has 0 aromatic heterocycles. The zero-order valence-electron chi connectivity index (χ0n) is 7.92. The molecule has 0 aliphatic carbocycles. The molecule has 0 bridgehead atoms. The van der Waals surface area contributed by atoms with E-state index < -0.39 is 0 Å². The smallest absolute Gasteiger partial charge is 0.0989 e. The molecule has 0 rings (SSSR count). The van der Waals surface area contributed by atoms with E-state index >= 15 is 0 Å². The summed E-state index contributed by atoms with van der Waals surface area (Å²) in [5, 5.41) is 0. The zero-order valence-corrected chi connectivity index (χ0v) is 8.92. The molecule has 3 radical (unpaired) electrons. The molecule has 0 N–H and O–H groups in total. The molecule has 0 spiro atoms. The molecule has 0 fully saturated rings. The Bertz CT molecular complexity index is 88.1. The highest BCUT2D eigenvalue weighted by molar-refractivity contribution is 6.08. The first-order valence-electron chi connectivity index (χ1n) is 4.07. The van der Waals surface area contributed by atoms with Crippen LogP contribution >= 0.6 is 0 Å². The Labute approximate surface area is 73.3 Å². The van der Waals surface area contributed by atoms with Crippen molar-refractivity contribution in [3.63, 3.8) is 0 Å². The van der Waals surface area contributed by atoms with Crippen LogP contribution in [0.5, 0.6) is 0 Å². The first kappa shape index (κ1) is 11.1. The van der Waals surface area contributed by atoms with E-state index in [0.29, 0.717) is 25.0 Å². The summed E-state index contributed by atoms with van der Waals surface area (Å²) in [5.41, 5.74) is 0. The molecule has 0 aliphatic rings. The van der Waals surface area contributed by atoms with Crippen LogP contribution in [0.1, 0.15) is 27.7 Å². The van der Waals surface area contributed by atoms with Crippen molar-refractivity contribution in [2.75, 3.05) is 13.0 Å². The summed E-state index contributed by atoms with van der Waals surface area (Å²) in [4.78, 5) is 2.29. The van der Waals surface area contributed by atoms with Crippen molar-refractivity contribution < 1.29 is 4.74 Å². The lowest BCUT2D eigenvalue weighted by atomic mass is 10.2. The van der Waals surface area contributed by atoms with Gasteiger partial charge in [-0.1, -0.05) is 0 Å². The van der Waals surface area contributed by atoms with Gasteiger partial charge < -0.3 is 4.74 Å². The molecule has 0 aromatic rings. The Kier molecular flexibility index (Phi) is 5.82. The fraction of sp³-hybridized carbons (Fsp3) is 1.00. The normalized spacial score (nSPS) is 12.0. The second-order valence-electron chi connectivity index (χ2n) is 3.18. The molecule has 0 aromatic carbocycles. The van der Waals surface area contributed by atoms with Crippen molar-refractivity contribution in [3.05, 3.63) is 0 Å². The molecular formula is C8H18NOSi. The Morgan fingerprint density at radius 2 is 1.64 bits per heavy atom. The van der Waals surface area contributed by atoms with Crippen LogP contribution in [0.15, 0.2) is 0 Å². The average Bonchev–Trinajstić information content (AvgIpc) is 1.87. The summed E-state index contributed by atoms with van der Waals surface area (Å²) in [6.07, 6.45) is 0.607. The Balaban J connectivity index is 3.70. The number of nitrogens with zero attached hydrogens (tertiary/aromatic N) is 1. The first-order chi connectivity index (χ1) is 5.09. The van der Waals surface area contributed by atoms with Crippen LogP contribution in [0.3, 0.4) is 0 Å². The van der Waals surface area contributed by atoms with Gasteiger partial charge >= 0.3 is 0 Å². The van der Waals surface area contributed by atoms with E-state index in [1.807, 2.05) is 0 Å². The Morgan fingerprint density at radius 1 is 1.18 bits per heavy atom. The Morgan fingerprint density at radius 3 is 1.91 bits per heavy atom. The van der Waals surface area contributed by atoms with Crippen LogP contribution in [0, 0.1) is 0 Å². The third kappa shape index (κ3) is 4.56. The quantitative estimate of drug-likeness (QED) is 0.456. The monoisotopic (exact) mass is 172 g/mol. The molecule has 65 valence electrons. The van der Waals surface area contributed by atoms with Gasteiger partial charge in [0.1, 0.15) is 0 Å². The van der Waals surface area contributed by atoms with Crippen molar-refractivity contribution >= 4 is 10.2 Å². The average molecular weight is 172 g/mol. The first-order valence-corrected chi connectivity index (χ1v) is 4.78. The molecule has 0 amide bonds. The molecular weight excluding hydrogens is 154 g/mol. The SMILES string of the molecule is CC(C)N(COC[Si])C(C)C. The van der Waals surface area contributed by atoms with E-state index in [0.717, 1.165) is 0 Å². The summed E-state index contributed by atoms with van der Waals surface area (Å²) in [5.74, 6) is 0. The molecule has 2 nitrogen and oxygen atoms in total. The molecule has 11 heavy (non-hydrogen) atoms. The van der Waals surface area contributed by atoms with E-state index in [1.165, 1.54) is 0 Å². The highest BCUT2D eigenvalue weighted by Crippen LogP contribution is 2.03. The van der Waals surface area contributed by atoms with Crippen LogP contribution in [-0.2, 0) is 4.74 Å². The van der Waals surface area contributed by atoms with Crippen LogP contribution < -0.4 is 0 Å². The summed E-state index contributed by atoms with van der Waals surface area (Å²) in [6.45, 7) is 9.42. The van der Waals surface area contributed by atoms with Gasteiger partial charge in [-0.3, -0.25) is 4.90 Å². The lowest BCUT2D eigenvalue weighted by Gasteiger charge is -2.29. The highest BCUT2D eigenvalue weighted by Gasteiger charge is 2.11. The molecule has 0 saturated heterocycles. The number of hydrogen-bond donors (Lipinski definition) is 0. The van der Waals surface area contributed by atoms with Crippen molar-refractivity contribution in [3.8, 4) is 0 Å². The predicted octanol–water partition coefficient (Wildman–Crippen LogP) is 1.21. The van der Waals surface area contributed by atoms with Crippen LogP contribution in [0.4, 0.5) is 0 Å². The minimum Gasteiger partial charge on any atom is -0.370 e. The molecule has 0 unspecified atom stereocenters.